The third kappa shape index (κ3) is 3.77. The van der Waals surface area contributed by atoms with E-state index < -0.39 is 0 Å². The lowest BCUT2D eigenvalue weighted by Crippen LogP contribution is -2.41. The van der Waals surface area contributed by atoms with Gasteiger partial charge in [0.2, 0.25) is 11.8 Å². The van der Waals surface area contributed by atoms with Gasteiger partial charge in [0.15, 0.2) is 12.2 Å². The maximum absolute atomic E-state index is 12.7. The smallest absolute Gasteiger partial charge is 0.243 e. The summed E-state index contributed by atoms with van der Waals surface area (Å²) in [6, 6.07) is 5.16. The first-order valence-corrected chi connectivity index (χ1v) is 8.43. The Morgan fingerprint density at radius 1 is 1.38 bits per heavy atom. The van der Waals surface area contributed by atoms with Crippen LogP contribution in [0.1, 0.15) is 19.3 Å². The first kappa shape index (κ1) is 17.7. The molecule has 1 aliphatic rings. The van der Waals surface area contributed by atoms with Gasteiger partial charge >= 0.3 is 0 Å². The van der Waals surface area contributed by atoms with Crippen molar-refractivity contribution in [2.24, 2.45) is 5.92 Å². The Morgan fingerprint density at radius 3 is 2.92 bits per heavy atom. The van der Waals surface area contributed by atoms with Crippen LogP contribution in [0.5, 0.6) is 5.75 Å². The minimum absolute atomic E-state index is 0.119. The molecule has 2 atom stereocenters. The predicted molar refractivity (Wildman–Crippen MR) is 96.6 cm³/mol. The van der Waals surface area contributed by atoms with E-state index in [1.807, 2.05) is 0 Å². The SMILES string of the molecule is C=CC(=O)N[C@@H]1CCC[C@@H]1C(=O)Nc1ccc(-c2cnco2)c(OC)c1. The van der Waals surface area contributed by atoms with Crippen molar-refractivity contribution in [2.45, 2.75) is 25.3 Å². The summed E-state index contributed by atoms with van der Waals surface area (Å²) >= 11 is 0. The van der Waals surface area contributed by atoms with E-state index in [-0.39, 0.29) is 23.8 Å². The molecule has 1 aliphatic carbocycles. The number of carbonyl (C=O) groups excluding carboxylic acids is 2. The van der Waals surface area contributed by atoms with Gasteiger partial charge in [-0.15, -0.1) is 0 Å². The lowest BCUT2D eigenvalue weighted by atomic mass is 10.0. The van der Waals surface area contributed by atoms with Crippen LogP contribution in [-0.4, -0.2) is 29.9 Å². The summed E-state index contributed by atoms with van der Waals surface area (Å²) in [4.78, 5) is 28.1. The summed E-state index contributed by atoms with van der Waals surface area (Å²) in [6.07, 6.45) is 6.59. The van der Waals surface area contributed by atoms with Gasteiger partial charge in [-0.2, -0.15) is 0 Å². The van der Waals surface area contributed by atoms with Crippen molar-refractivity contribution < 1.29 is 18.7 Å². The Morgan fingerprint density at radius 2 is 2.23 bits per heavy atom. The van der Waals surface area contributed by atoms with Crippen molar-refractivity contribution in [1.29, 1.82) is 0 Å². The molecule has 1 heterocycles. The van der Waals surface area contributed by atoms with Gasteiger partial charge in [-0.25, -0.2) is 4.98 Å². The number of anilines is 1. The molecular formula is C19H21N3O4. The number of rotatable bonds is 6. The topological polar surface area (TPSA) is 93.5 Å². The van der Waals surface area contributed by atoms with E-state index in [1.165, 1.54) is 12.5 Å². The third-order valence-corrected chi connectivity index (χ3v) is 4.53. The third-order valence-electron chi connectivity index (χ3n) is 4.53. The Bertz CT molecular complexity index is 801. The highest BCUT2D eigenvalue weighted by atomic mass is 16.5. The molecule has 2 aromatic rings. The highest BCUT2D eigenvalue weighted by Gasteiger charge is 2.33. The van der Waals surface area contributed by atoms with Crippen LogP contribution >= 0.6 is 0 Å². The molecule has 0 spiro atoms. The summed E-state index contributed by atoms with van der Waals surface area (Å²) in [5, 5.41) is 5.74. The number of ether oxygens (including phenoxy) is 1. The summed E-state index contributed by atoms with van der Waals surface area (Å²) in [6.45, 7) is 3.45. The highest BCUT2D eigenvalue weighted by molar-refractivity contribution is 5.95. The van der Waals surface area contributed by atoms with Gasteiger partial charge in [0.25, 0.3) is 0 Å². The zero-order chi connectivity index (χ0) is 18.5. The van der Waals surface area contributed by atoms with Gasteiger partial charge in [0, 0.05) is 17.8 Å². The lowest BCUT2D eigenvalue weighted by molar-refractivity contribution is -0.121. The summed E-state index contributed by atoms with van der Waals surface area (Å²) in [5.41, 5.74) is 1.37. The summed E-state index contributed by atoms with van der Waals surface area (Å²) < 4.78 is 10.7. The van der Waals surface area contributed by atoms with Gasteiger partial charge in [0.05, 0.1) is 24.8 Å². The largest absolute Gasteiger partial charge is 0.496 e. The molecule has 7 heteroatoms. The van der Waals surface area contributed by atoms with Gasteiger partial charge < -0.3 is 19.8 Å². The zero-order valence-corrected chi connectivity index (χ0v) is 14.5. The second-order valence-corrected chi connectivity index (χ2v) is 6.13. The van der Waals surface area contributed by atoms with Crippen LogP contribution in [0.3, 0.4) is 0 Å². The highest BCUT2D eigenvalue weighted by Crippen LogP contribution is 2.33. The van der Waals surface area contributed by atoms with Crippen LogP contribution in [0.15, 0.2) is 47.9 Å². The van der Waals surface area contributed by atoms with Gasteiger partial charge in [-0.1, -0.05) is 13.0 Å². The van der Waals surface area contributed by atoms with Crippen LogP contribution in [-0.2, 0) is 9.59 Å². The number of hydrogen-bond acceptors (Lipinski definition) is 5. The molecule has 0 radical (unpaired) electrons. The number of methoxy groups -OCH3 is 1. The second-order valence-electron chi connectivity index (χ2n) is 6.13. The minimum Gasteiger partial charge on any atom is -0.496 e. The van der Waals surface area contributed by atoms with E-state index in [1.54, 1.807) is 31.5 Å². The Hall–Kier alpha value is -3.09. The average molecular weight is 355 g/mol. The number of oxazole rings is 1. The summed E-state index contributed by atoms with van der Waals surface area (Å²) in [5.74, 6) is 0.517. The monoisotopic (exact) mass is 355 g/mol. The number of aromatic nitrogens is 1. The molecule has 0 saturated heterocycles. The van der Waals surface area contributed by atoms with E-state index in [4.69, 9.17) is 9.15 Å². The molecular weight excluding hydrogens is 334 g/mol. The van der Waals surface area contributed by atoms with E-state index in [0.29, 0.717) is 17.2 Å². The standard InChI is InChI=1S/C19H21N3O4/c1-3-18(23)22-15-6-4-5-13(15)19(24)21-12-7-8-14(16(9-12)25-2)17-10-20-11-26-17/h3,7-11,13,15H,1,4-6H2,2H3,(H,21,24)(H,22,23)/t13-,15+/m0/s1. The normalized spacial score (nSPS) is 19.0. The predicted octanol–water partition coefficient (Wildman–Crippen LogP) is 2.76. The Kier molecular flexibility index (Phi) is 5.36. The molecule has 2 amide bonds. The first-order valence-electron chi connectivity index (χ1n) is 8.43. The Labute approximate surface area is 151 Å². The second kappa shape index (κ2) is 7.86. The maximum Gasteiger partial charge on any atom is 0.243 e. The fraction of sp³-hybridized carbons (Fsp3) is 0.316. The van der Waals surface area contributed by atoms with E-state index in [9.17, 15) is 9.59 Å². The lowest BCUT2D eigenvalue weighted by Gasteiger charge is -2.20. The van der Waals surface area contributed by atoms with Crippen LogP contribution in [0.2, 0.25) is 0 Å². The molecule has 0 bridgehead atoms. The van der Waals surface area contributed by atoms with Gasteiger partial charge in [-0.3, -0.25) is 9.59 Å². The minimum atomic E-state index is -0.265. The van der Waals surface area contributed by atoms with Crippen molar-refractivity contribution in [3.05, 3.63) is 43.4 Å². The van der Waals surface area contributed by atoms with Crippen molar-refractivity contribution in [1.82, 2.24) is 10.3 Å². The molecule has 1 aromatic carbocycles. The summed E-state index contributed by atoms with van der Waals surface area (Å²) in [7, 11) is 1.55. The Balaban J connectivity index is 1.73. The zero-order valence-electron chi connectivity index (χ0n) is 14.5. The van der Waals surface area contributed by atoms with E-state index in [0.717, 1.165) is 24.8 Å². The molecule has 0 unspecified atom stereocenters. The maximum atomic E-state index is 12.7. The molecule has 3 rings (SSSR count). The number of nitrogens with zero attached hydrogens (tertiary/aromatic N) is 1. The average Bonchev–Trinajstić information content (AvgIpc) is 3.33. The molecule has 0 aliphatic heterocycles. The van der Waals surface area contributed by atoms with Gasteiger partial charge in [0.1, 0.15) is 5.75 Å². The number of hydrogen-bond donors (Lipinski definition) is 2. The van der Waals surface area contributed by atoms with Crippen LogP contribution in [0, 0.1) is 5.92 Å². The fourth-order valence-electron chi connectivity index (χ4n) is 3.24. The van der Waals surface area contributed by atoms with Crippen LogP contribution in [0.25, 0.3) is 11.3 Å². The quantitative estimate of drug-likeness (QED) is 0.777. The van der Waals surface area contributed by atoms with Crippen LogP contribution < -0.4 is 15.4 Å². The number of nitrogens with one attached hydrogen (secondary N) is 2. The van der Waals surface area contributed by atoms with Crippen molar-refractivity contribution in [3.8, 4) is 17.1 Å². The van der Waals surface area contributed by atoms with E-state index >= 15 is 0 Å². The number of amides is 2. The van der Waals surface area contributed by atoms with Crippen LogP contribution in [0.4, 0.5) is 5.69 Å². The number of benzene rings is 1. The molecule has 1 aromatic heterocycles. The van der Waals surface area contributed by atoms with Crippen molar-refractivity contribution in [2.75, 3.05) is 12.4 Å². The molecule has 1 fully saturated rings. The number of carbonyl (C=O) groups is 2. The molecule has 2 N–H and O–H groups in total. The van der Waals surface area contributed by atoms with E-state index in [2.05, 4.69) is 22.2 Å². The first-order chi connectivity index (χ1) is 12.6. The van der Waals surface area contributed by atoms with Crippen molar-refractivity contribution in [3.63, 3.8) is 0 Å². The van der Waals surface area contributed by atoms with Gasteiger partial charge in [-0.05, 0) is 31.1 Å². The van der Waals surface area contributed by atoms with Crippen molar-refractivity contribution >= 4 is 17.5 Å². The fourth-order valence-corrected chi connectivity index (χ4v) is 3.24. The molecule has 7 nitrogen and oxygen atoms in total. The molecule has 26 heavy (non-hydrogen) atoms. The molecule has 1 saturated carbocycles. The molecule has 136 valence electrons.